The Balaban J connectivity index is 1.89. The van der Waals surface area contributed by atoms with Crippen molar-refractivity contribution in [2.75, 3.05) is 13.2 Å². The summed E-state index contributed by atoms with van der Waals surface area (Å²) >= 11 is 3.67. The van der Waals surface area contributed by atoms with Gasteiger partial charge < -0.3 is 10.1 Å². The van der Waals surface area contributed by atoms with Crippen molar-refractivity contribution in [3.8, 4) is 0 Å². The lowest BCUT2D eigenvalue weighted by Crippen LogP contribution is -2.32. The van der Waals surface area contributed by atoms with Crippen molar-refractivity contribution in [2.24, 2.45) is 0 Å². The number of aryl methyl sites for hydroxylation is 2. The standard InChI is InChI=1S/C14H24BrN3O/c1-3-12-14(15)13(18(4-2)17-12)10-16-9-11-7-5-6-8-19-11/h11,16H,3-10H2,1-2H3. The average molecular weight is 330 g/mol. The first-order valence-corrected chi connectivity index (χ1v) is 8.11. The monoisotopic (exact) mass is 329 g/mol. The predicted molar refractivity (Wildman–Crippen MR) is 80.3 cm³/mol. The van der Waals surface area contributed by atoms with Crippen molar-refractivity contribution in [1.82, 2.24) is 15.1 Å². The van der Waals surface area contributed by atoms with Gasteiger partial charge in [-0.3, -0.25) is 4.68 Å². The molecule has 1 saturated heterocycles. The lowest BCUT2D eigenvalue weighted by atomic mass is 10.1. The molecule has 0 radical (unpaired) electrons. The molecule has 0 saturated carbocycles. The third kappa shape index (κ3) is 3.80. The number of hydrogen-bond donors (Lipinski definition) is 1. The molecule has 0 aliphatic carbocycles. The molecule has 1 fully saturated rings. The number of nitrogens with zero attached hydrogens (tertiary/aromatic N) is 2. The number of rotatable bonds is 6. The van der Waals surface area contributed by atoms with Gasteiger partial charge in [0.25, 0.3) is 0 Å². The quantitative estimate of drug-likeness (QED) is 0.872. The second kappa shape index (κ2) is 7.41. The Hall–Kier alpha value is -0.390. The Morgan fingerprint density at radius 2 is 2.26 bits per heavy atom. The van der Waals surface area contributed by atoms with Crippen LogP contribution in [-0.2, 0) is 24.2 Å². The van der Waals surface area contributed by atoms with Gasteiger partial charge in [-0.1, -0.05) is 6.92 Å². The molecular weight excluding hydrogens is 306 g/mol. The average Bonchev–Trinajstić information content (AvgIpc) is 2.76. The maximum Gasteiger partial charge on any atom is 0.0767 e. The minimum atomic E-state index is 0.385. The second-order valence-electron chi connectivity index (χ2n) is 5.00. The summed E-state index contributed by atoms with van der Waals surface area (Å²) in [6.45, 7) is 7.88. The first kappa shape index (κ1) is 15.0. The van der Waals surface area contributed by atoms with E-state index in [1.165, 1.54) is 25.0 Å². The van der Waals surface area contributed by atoms with Crippen LogP contribution in [0.15, 0.2) is 4.47 Å². The van der Waals surface area contributed by atoms with Gasteiger partial charge in [-0.2, -0.15) is 5.10 Å². The van der Waals surface area contributed by atoms with Crippen molar-refractivity contribution in [1.29, 1.82) is 0 Å². The van der Waals surface area contributed by atoms with Gasteiger partial charge in [-0.25, -0.2) is 0 Å². The number of hydrogen-bond acceptors (Lipinski definition) is 3. The smallest absolute Gasteiger partial charge is 0.0767 e. The van der Waals surface area contributed by atoms with Gasteiger partial charge in [0, 0.05) is 26.2 Å². The van der Waals surface area contributed by atoms with Crippen LogP contribution in [0.5, 0.6) is 0 Å². The van der Waals surface area contributed by atoms with Crippen molar-refractivity contribution < 1.29 is 4.74 Å². The predicted octanol–water partition coefficient (Wildman–Crippen LogP) is 2.89. The van der Waals surface area contributed by atoms with Crippen LogP contribution < -0.4 is 5.32 Å². The van der Waals surface area contributed by atoms with E-state index in [9.17, 15) is 0 Å². The fraction of sp³-hybridized carbons (Fsp3) is 0.786. The Morgan fingerprint density at radius 3 is 2.89 bits per heavy atom. The van der Waals surface area contributed by atoms with Crippen LogP contribution in [-0.4, -0.2) is 29.0 Å². The molecule has 0 amide bonds. The van der Waals surface area contributed by atoms with E-state index in [0.717, 1.165) is 42.8 Å². The highest BCUT2D eigenvalue weighted by Gasteiger charge is 2.16. The van der Waals surface area contributed by atoms with Crippen LogP contribution in [0, 0.1) is 0 Å². The zero-order chi connectivity index (χ0) is 13.7. The zero-order valence-corrected chi connectivity index (χ0v) is 13.5. The topological polar surface area (TPSA) is 39.1 Å². The van der Waals surface area contributed by atoms with Crippen molar-refractivity contribution in [2.45, 2.75) is 58.7 Å². The maximum atomic E-state index is 5.73. The first-order valence-electron chi connectivity index (χ1n) is 7.32. The second-order valence-corrected chi connectivity index (χ2v) is 5.79. The summed E-state index contributed by atoms with van der Waals surface area (Å²) in [5.74, 6) is 0. The van der Waals surface area contributed by atoms with Gasteiger partial charge in [0.1, 0.15) is 0 Å². The normalized spacial score (nSPS) is 19.8. The summed E-state index contributed by atoms with van der Waals surface area (Å²) in [5.41, 5.74) is 2.39. The number of nitrogens with one attached hydrogen (secondary N) is 1. The summed E-state index contributed by atoms with van der Waals surface area (Å²) in [7, 11) is 0. The minimum Gasteiger partial charge on any atom is -0.377 e. The Bertz CT molecular complexity index is 400. The number of ether oxygens (including phenoxy) is 1. The summed E-state index contributed by atoms with van der Waals surface area (Å²) in [6.07, 6.45) is 5.04. The molecule has 5 heteroatoms. The fourth-order valence-corrected chi connectivity index (χ4v) is 3.21. The molecule has 0 spiro atoms. The fourth-order valence-electron chi connectivity index (χ4n) is 2.51. The molecule has 1 aromatic heterocycles. The van der Waals surface area contributed by atoms with E-state index in [0.29, 0.717) is 6.10 Å². The number of aromatic nitrogens is 2. The largest absolute Gasteiger partial charge is 0.377 e. The molecule has 2 rings (SSSR count). The SMILES string of the molecule is CCc1nn(CC)c(CNCC2CCCCO2)c1Br. The molecule has 1 N–H and O–H groups in total. The molecule has 108 valence electrons. The third-order valence-electron chi connectivity index (χ3n) is 3.63. The summed E-state index contributed by atoms with van der Waals surface area (Å²) in [5, 5.41) is 8.12. The maximum absolute atomic E-state index is 5.73. The summed E-state index contributed by atoms with van der Waals surface area (Å²) in [6, 6.07) is 0. The molecule has 19 heavy (non-hydrogen) atoms. The summed E-state index contributed by atoms with van der Waals surface area (Å²) in [4.78, 5) is 0. The summed E-state index contributed by atoms with van der Waals surface area (Å²) < 4.78 is 8.97. The molecule has 0 aromatic carbocycles. The van der Waals surface area contributed by atoms with Crippen LogP contribution in [0.3, 0.4) is 0 Å². The van der Waals surface area contributed by atoms with Gasteiger partial charge in [0.05, 0.1) is 22.0 Å². The van der Waals surface area contributed by atoms with Crippen LogP contribution in [0.1, 0.15) is 44.5 Å². The molecule has 0 bridgehead atoms. The molecule has 4 nitrogen and oxygen atoms in total. The van der Waals surface area contributed by atoms with Crippen LogP contribution >= 0.6 is 15.9 Å². The molecule has 2 heterocycles. The van der Waals surface area contributed by atoms with E-state index in [1.807, 2.05) is 0 Å². The molecule has 1 aliphatic rings. The third-order valence-corrected chi connectivity index (χ3v) is 4.55. The van der Waals surface area contributed by atoms with Crippen LogP contribution in [0.4, 0.5) is 0 Å². The van der Waals surface area contributed by atoms with E-state index in [2.05, 4.69) is 44.9 Å². The zero-order valence-electron chi connectivity index (χ0n) is 11.9. The van der Waals surface area contributed by atoms with Gasteiger partial charge in [0.15, 0.2) is 0 Å². The number of halogens is 1. The van der Waals surface area contributed by atoms with Crippen molar-refractivity contribution >= 4 is 15.9 Å². The van der Waals surface area contributed by atoms with Gasteiger partial charge in [-0.15, -0.1) is 0 Å². The van der Waals surface area contributed by atoms with Crippen LogP contribution in [0.2, 0.25) is 0 Å². The lowest BCUT2D eigenvalue weighted by Gasteiger charge is -2.22. The first-order chi connectivity index (χ1) is 9.26. The molecule has 1 aliphatic heterocycles. The van der Waals surface area contributed by atoms with Gasteiger partial charge in [-0.05, 0) is 48.5 Å². The van der Waals surface area contributed by atoms with E-state index in [4.69, 9.17) is 4.74 Å². The molecule has 1 atom stereocenters. The van der Waals surface area contributed by atoms with E-state index in [1.54, 1.807) is 0 Å². The van der Waals surface area contributed by atoms with Crippen LogP contribution in [0.25, 0.3) is 0 Å². The van der Waals surface area contributed by atoms with Crippen molar-refractivity contribution in [3.05, 3.63) is 15.9 Å². The highest BCUT2D eigenvalue weighted by Crippen LogP contribution is 2.22. The molecule has 1 unspecified atom stereocenters. The molecular formula is C14H24BrN3O. The Morgan fingerprint density at radius 1 is 1.42 bits per heavy atom. The van der Waals surface area contributed by atoms with E-state index >= 15 is 0 Å². The van der Waals surface area contributed by atoms with Gasteiger partial charge >= 0.3 is 0 Å². The lowest BCUT2D eigenvalue weighted by molar-refractivity contribution is 0.0167. The Labute approximate surface area is 124 Å². The minimum absolute atomic E-state index is 0.385. The highest BCUT2D eigenvalue weighted by molar-refractivity contribution is 9.10. The molecule has 1 aromatic rings. The van der Waals surface area contributed by atoms with Crippen molar-refractivity contribution in [3.63, 3.8) is 0 Å². The highest BCUT2D eigenvalue weighted by atomic mass is 79.9. The van der Waals surface area contributed by atoms with E-state index < -0.39 is 0 Å². The van der Waals surface area contributed by atoms with Gasteiger partial charge in [0.2, 0.25) is 0 Å². The Kier molecular flexibility index (Phi) is 5.85. The van der Waals surface area contributed by atoms with E-state index in [-0.39, 0.29) is 0 Å².